The van der Waals surface area contributed by atoms with Crippen molar-refractivity contribution in [3.63, 3.8) is 0 Å². The van der Waals surface area contributed by atoms with Gasteiger partial charge in [-0.25, -0.2) is 0 Å². The van der Waals surface area contributed by atoms with Crippen LogP contribution in [0, 0.1) is 0 Å². The van der Waals surface area contributed by atoms with Crippen molar-refractivity contribution in [1.82, 2.24) is 0 Å². The SMILES string of the molecule is COc1ccc(OC)c(C(C)Oc2ccc(Cl)c(N)c2)c1. The highest BCUT2D eigenvalue weighted by Crippen LogP contribution is 2.33. The standard InChI is InChI=1S/C16H18ClNO3/c1-10(21-12-4-6-14(17)15(18)9-12)13-8-11(19-2)5-7-16(13)20-3/h4-10H,18H2,1-3H3. The summed E-state index contributed by atoms with van der Waals surface area (Å²) in [4.78, 5) is 0. The summed E-state index contributed by atoms with van der Waals surface area (Å²) in [5, 5.41) is 0.508. The van der Waals surface area contributed by atoms with Gasteiger partial charge in [0.25, 0.3) is 0 Å². The first-order chi connectivity index (χ1) is 10.0. The van der Waals surface area contributed by atoms with E-state index in [1.807, 2.05) is 25.1 Å². The molecule has 112 valence electrons. The molecule has 0 aliphatic rings. The normalized spacial score (nSPS) is 11.8. The van der Waals surface area contributed by atoms with E-state index in [-0.39, 0.29) is 6.10 Å². The molecular weight excluding hydrogens is 290 g/mol. The Morgan fingerprint density at radius 1 is 1.00 bits per heavy atom. The Morgan fingerprint density at radius 3 is 2.33 bits per heavy atom. The molecule has 0 amide bonds. The summed E-state index contributed by atoms with van der Waals surface area (Å²) in [6, 6.07) is 10.8. The average Bonchev–Trinajstić information content (AvgIpc) is 2.50. The second-order valence-electron chi connectivity index (χ2n) is 4.55. The highest BCUT2D eigenvalue weighted by molar-refractivity contribution is 6.33. The lowest BCUT2D eigenvalue weighted by atomic mass is 10.1. The largest absolute Gasteiger partial charge is 0.497 e. The van der Waals surface area contributed by atoms with E-state index in [0.29, 0.717) is 16.5 Å². The first kappa shape index (κ1) is 15.3. The molecule has 2 aromatic rings. The molecule has 4 nitrogen and oxygen atoms in total. The average molecular weight is 308 g/mol. The number of nitrogen functional groups attached to an aromatic ring is 1. The van der Waals surface area contributed by atoms with Crippen molar-refractivity contribution in [1.29, 1.82) is 0 Å². The maximum Gasteiger partial charge on any atom is 0.126 e. The number of ether oxygens (including phenoxy) is 3. The fourth-order valence-electron chi connectivity index (χ4n) is 2.02. The van der Waals surface area contributed by atoms with Crippen LogP contribution in [0.5, 0.6) is 17.2 Å². The second-order valence-corrected chi connectivity index (χ2v) is 4.96. The molecule has 0 heterocycles. The van der Waals surface area contributed by atoms with Crippen LogP contribution in [0.1, 0.15) is 18.6 Å². The van der Waals surface area contributed by atoms with Crippen molar-refractivity contribution in [2.24, 2.45) is 0 Å². The molecule has 1 unspecified atom stereocenters. The Morgan fingerprint density at radius 2 is 1.71 bits per heavy atom. The summed E-state index contributed by atoms with van der Waals surface area (Å²) in [5.41, 5.74) is 7.16. The van der Waals surface area contributed by atoms with E-state index in [1.54, 1.807) is 32.4 Å². The van der Waals surface area contributed by atoms with Gasteiger partial charge in [0.2, 0.25) is 0 Å². The lowest BCUT2D eigenvalue weighted by Crippen LogP contribution is -2.06. The zero-order chi connectivity index (χ0) is 15.4. The Labute approximate surface area is 129 Å². The fraction of sp³-hybridized carbons (Fsp3) is 0.250. The number of hydrogen-bond donors (Lipinski definition) is 1. The lowest BCUT2D eigenvalue weighted by molar-refractivity contribution is 0.220. The Bertz CT molecular complexity index is 631. The summed E-state index contributed by atoms with van der Waals surface area (Å²) >= 11 is 5.90. The maximum absolute atomic E-state index is 5.90. The first-order valence-electron chi connectivity index (χ1n) is 6.48. The fourth-order valence-corrected chi connectivity index (χ4v) is 2.14. The molecule has 0 radical (unpaired) electrons. The third-order valence-corrected chi connectivity index (χ3v) is 3.50. The number of halogens is 1. The van der Waals surface area contributed by atoms with Crippen molar-refractivity contribution in [2.75, 3.05) is 20.0 Å². The highest BCUT2D eigenvalue weighted by atomic mass is 35.5. The zero-order valence-electron chi connectivity index (χ0n) is 12.2. The van der Waals surface area contributed by atoms with Crippen LogP contribution in [0.3, 0.4) is 0 Å². The van der Waals surface area contributed by atoms with Crippen LogP contribution in [0.2, 0.25) is 5.02 Å². The van der Waals surface area contributed by atoms with Crippen LogP contribution >= 0.6 is 11.6 Å². The van der Waals surface area contributed by atoms with Crippen molar-refractivity contribution in [2.45, 2.75) is 13.0 Å². The van der Waals surface area contributed by atoms with Crippen molar-refractivity contribution in [3.05, 3.63) is 47.0 Å². The summed E-state index contributed by atoms with van der Waals surface area (Å²) in [6.07, 6.45) is -0.226. The van der Waals surface area contributed by atoms with Gasteiger partial charge in [-0.05, 0) is 37.3 Å². The summed E-state index contributed by atoms with van der Waals surface area (Å²) < 4.78 is 16.5. The minimum atomic E-state index is -0.226. The molecular formula is C16H18ClNO3. The first-order valence-corrected chi connectivity index (χ1v) is 6.86. The van der Waals surface area contributed by atoms with Gasteiger partial charge in [-0.3, -0.25) is 0 Å². The number of methoxy groups -OCH3 is 2. The molecule has 21 heavy (non-hydrogen) atoms. The molecule has 0 aliphatic carbocycles. The minimum Gasteiger partial charge on any atom is -0.497 e. The van der Waals surface area contributed by atoms with Gasteiger partial charge in [0.15, 0.2) is 0 Å². The van der Waals surface area contributed by atoms with Gasteiger partial charge in [0.05, 0.1) is 24.9 Å². The molecule has 0 bridgehead atoms. The quantitative estimate of drug-likeness (QED) is 0.846. The van der Waals surface area contributed by atoms with Crippen LogP contribution in [0.15, 0.2) is 36.4 Å². The van der Waals surface area contributed by atoms with Crippen LogP contribution in [-0.4, -0.2) is 14.2 Å². The van der Waals surface area contributed by atoms with Gasteiger partial charge in [0.1, 0.15) is 23.4 Å². The van der Waals surface area contributed by atoms with Gasteiger partial charge >= 0.3 is 0 Å². The predicted octanol–water partition coefficient (Wildman–Crippen LogP) is 4.08. The predicted molar refractivity (Wildman–Crippen MR) is 84.5 cm³/mol. The van der Waals surface area contributed by atoms with Gasteiger partial charge in [0, 0.05) is 11.6 Å². The second kappa shape index (κ2) is 6.59. The molecule has 0 aliphatic heterocycles. The monoisotopic (exact) mass is 307 g/mol. The molecule has 0 saturated carbocycles. The smallest absolute Gasteiger partial charge is 0.126 e. The van der Waals surface area contributed by atoms with Crippen molar-refractivity contribution < 1.29 is 14.2 Å². The topological polar surface area (TPSA) is 53.7 Å². The minimum absolute atomic E-state index is 0.226. The number of anilines is 1. The summed E-state index contributed by atoms with van der Waals surface area (Å²) in [6.45, 7) is 1.93. The van der Waals surface area contributed by atoms with Crippen molar-refractivity contribution >= 4 is 17.3 Å². The van der Waals surface area contributed by atoms with Crippen LogP contribution in [0.4, 0.5) is 5.69 Å². The third kappa shape index (κ3) is 3.52. The highest BCUT2D eigenvalue weighted by Gasteiger charge is 2.15. The molecule has 0 saturated heterocycles. The van der Waals surface area contributed by atoms with Gasteiger partial charge in [-0.2, -0.15) is 0 Å². The van der Waals surface area contributed by atoms with E-state index < -0.39 is 0 Å². The van der Waals surface area contributed by atoms with Crippen LogP contribution in [-0.2, 0) is 0 Å². The number of benzene rings is 2. The van der Waals surface area contributed by atoms with Gasteiger partial charge < -0.3 is 19.9 Å². The summed E-state index contributed by atoms with van der Waals surface area (Å²) in [7, 11) is 3.25. The molecule has 0 fully saturated rings. The molecule has 0 aromatic heterocycles. The zero-order valence-corrected chi connectivity index (χ0v) is 13.0. The third-order valence-electron chi connectivity index (χ3n) is 3.16. The van der Waals surface area contributed by atoms with Gasteiger partial charge in [-0.15, -0.1) is 0 Å². The Balaban J connectivity index is 2.26. The van der Waals surface area contributed by atoms with E-state index >= 15 is 0 Å². The molecule has 0 spiro atoms. The lowest BCUT2D eigenvalue weighted by Gasteiger charge is -2.19. The summed E-state index contributed by atoms with van der Waals surface area (Å²) in [5.74, 6) is 2.14. The van der Waals surface area contributed by atoms with E-state index in [2.05, 4.69) is 0 Å². The van der Waals surface area contributed by atoms with Gasteiger partial charge in [-0.1, -0.05) is 11.6 Å². The van der Waals surface area contributed by atoms with E-state index in [9.17, 15) is 0 Å². The number of rotatable bonds is 5. The maximum atomic E-state index is 5.90. The van der Waals surface area contributed by atoms with E-state index in [4.69, 9.17) is 31.5 Å². The van der Waals surface area contributed by atoms with E-state index in [0.717, 1.165) is 17.1 Å². The van der Waals surface area contributed by atoms with Crippen LogP contribution < -0.4 is 19.9 Å². The molecule has 2 N–H and O–H groups in total. The number of hydrogen-bond acceptors (Lipinski definition) is 4. The molecule has 2 aromatic carbocycles. The molecule has 2 rings (SSSR count). The Kier molecular flexibility index (Phi) is 4.81. The van der Waals surface area contributed by atoms with Crippen molar-refractivity contribution in [3.8, 4) is 17.2 Å². The Hall–Kier alpha value is -2.07. The van der Waals surface area contributed by atoms with E-state index in [1.165, 1.54) is 0 Å². The molecule has 5 heteroatoms. The molecule has 1 atom stereocenters. The van der Waals surface area contributed by atoms with Crippen LogP contribution in [0.25, 0.3) is 0 Å². The number of nitrogens with two attached hydrogens (primary N) is 1.